The van der Waals surface area contributed by atoms with Gasteiger partial charge in [-0.15, -0.1) is 0 Å². The molecule has 11 heteroatoms. The summed E-state index contributed by atoms with van der Waals surface area (Å²) in [5.74, 6) is 0.994. The van der Waals surface area contributed by atoms with Gasteiger partial charge in [0.25, 0.3) is 0 Å². The Hall–Kier alpha value is -3.35. The van der Waals surface area contributed by atoms with Crippen LogP contribution in [0.2, 0.25) is 0 Å². The zero-order valence-corrected chi connectivity index (χ0v) is 19.2. The molecule has 188 valence electrons. The molecule has 1 aliphatic rings. The largest absolute Gasteiger partial charge is 0.496 e. The predicted molar refractivity (Wildman–Crippen MR) is 122 cm³/mol. The number of benzene rings is 2. The normalized spacial score (nSPS) is 24.3. The fourth-order valence-corrected chi connectivity index (χ4v) is 3.97. The fourth-order valence-electron chi connectivity index (χ4n) is 3.97. The first-order valence-corrected chi connectivity index (χ1v) is 10.7. The predicted octanol–water partition coefficient (Wildman–Crippen LogP) is 0.664. The molecule has 1 aromatic heterocycles. The molecule has 0 radical (unpaired) electrons. The van der Waals surface area contributed by atoms with Crippen LogP contribution in [0.5, 0.6) is 23.0 Å². The van der Waals surface area contributed by atoms with E-state index in [1.165, 1.54) is 33.5 Å². The maximum absolute atomic E-state index is 13.0. The zero-order valence-electron chi connectivity index (χ0n) is 19.2. The lowest BCUT2D eigenvalue weighted by Crippen LogP contribution is -2.60. The Morgan fingerprint density at radius 3 is 2.26 bits per heavy atom. The van der Waals surface area contributed by atoms with Gasteiger partial charge in [-0.25, -0.2) is 0 Å². The van der Waals surface area contributed by atoms with Crippen LogP contribution in [0.25, 0.3) is 22.3 Å². The van der Waals surface area contributed by atoms with Crippen molar-refractivity contribution in [2.24, 2.45) is 0 Å². The van der Waals surface area contributed by atoms with Crippen molar-refractivity contribution in [3.05, 3.63) is 46.6 Å². The van der Waals surface area contributed by atoms with Crippen LogP contribution in [0, 0.1) is 0 Å². The summed E-state index contributed by atoms with van der Waals surface area (Å²) in [5.41, 5.74) is -0.0122. The van der Waals surface area contributed by atoms with Gasteiger partial charge in [-0.3, -0.25) is 4.79 Å². The van der Waals surface area contributed by atoms with E-state index < -0.39 is 37.3 Å². The van der Waals surface area contributed by atoms with Gasteiger partial charge in [0.15, 0.2) is 16.8 Å². The minimum absolute atomic E-state index is 0.0612. The van der Waals surface area contributed by atoms with E-state index in [1.807, 2.05) is 0 Å². The molecule has 2 aromatic carbocycles. The number of aliphatic hydroxyl groups excluding tert-OH is 4. The number of hydrogen-bond donors (Lipinski definition) is 4. The van der Waals surface area contributed by atoms with Crippen molar-refractivity contribution in [1.29, 1.82) is 0 Å². The van der Waals surface area contributed by atoms with E-state index in [9.17, 15) is 25.2 Å². The summed E-state index contributed by atoms with van der Waals surface area (Å²) in [7, 11) is 4.29. The third-order valence-corrected chi connectivity index (χ3v) is 5.79. The fraction of sp³-hybridized carbons (Fsp3) is 0.375. The molecule has 1 saturated heterocycles. The highest BCUT2D eigenvalue weighted by atomic mass is 16.7. The third-order valence-electron chi connectivity index (χ3n) is 5.79. The van der Waals surface area contributed by atoms with Crippen molar-refractivity contribution < 1.29 is 48.5 Å². The summed E-state index contributed by atoms with van der Waals surface area (Å²) in [4.78, 5) is 13.0. The lowest BCUT2D eigenvalue weighted by Gasteiger charge is -2.39. The van der Waals surface area contributed by atoms with E-state index in [-0.39, 0.29) is 45.0 Å². The highest BCUT2D eigenvalue weighted by Gasteiger charge is 2.45. The maximum atomic E-state index is 13.0. The van der Waals surface area contributed by atoms with Crippen LogP contribution in [-0.2, 0) is 4.74 Å². The van der Waals surface area contributed by atoms with Gasteiger partial charge in [-0.05, 0) is 24.3 Å². The number of rotatable bonds is 7. The maximum Gasteiger partial charge on any atom is 0.229 e. The average Bonchev–Trinajstić information content (AvgIpc) is 2.87. The number of aliphatic hydroxyl groups is 4. The third kappa shape index (κ3) is 4.40. The summed E-state index contributed by atoms with van der Waals surface area (Å²) in [5, 5.41) is 40.3. The summed E-state index contributed by atoms with van der Waals surface area (Å²) >= 11 is 0. The summed E-state index contributed by atoms with van der Waals surface area (Å²) in [6, 6.07) is 9.14. The molecule has 0 spiro atoms. The molecular weight excluding hydrogens is 464 g/mol. The second-order valence-corrected chi connectivity index (χ2v) is 7.80. The van der Waals surface area contributed by atoms with Gasteiger partial charge in [0.2, 0.25) is 12.0 Å². The Morgan fingerprint density at radius 1 is 0.886 bits per heavy atom. The lowest BCUT2D eigenvalue weighted by molar-refractivity contribution is -0.277. The second kappa shape index (κ2) is 10.1. The molecule has 0 bridgehead atoms. The van der Waals surface area contributed by atoms with E-state index in [0.29, 0.717) is 5.75 Å². The Morgan fingerprint density at radius 2 is 1.60 bits per heavy atom. The van der Waals surface area contributed by atoms with Gasteiger partial charge < -0.3 is 48.5 Å². The van der Waals surface area contributed by atoms with E-state index in [2.05, 4.69) is 0 Å². The van der Waals surface area contributed by atoms with Gasteiger partial charge in [0.05, 0.1) is 33.3 Å². The van der Waals surface area contributed by atoms with Crippen molar-refractivity contribution in [2.45, 2.75) is 30.7 Å². The minimum Gasteiger partial charge on any atom is -0.496 e. The van der Waals surface area contributed by atoms with E-state index >= 15 is 0 Å². The first-order chi connectivity index (χ1) is 16.8. The quantitative estimate of drug-likeness (QED) is 0.369. The Labute approximate surface area is 199 Å². The molecule has 5 atom stereocenters. The minimum atomic E-state index is -1.64. The number of methoxy groups -OCH3 is 3. The second-order valence-electron chi connectivity index (χ2n) is 7.80. The Kier molecular flexibility index (Phi) is 7.15. The number of fused-ring (bicyclic) bond motifs is 1. The highest BCUT2D eigenvalue weighted by Crippen LogP contribution is 2.42. The smallest absolute Gasteiger partial charge is 0.229 e. The van der Waals surface area contributed by atoms with Gasteiger partial charge in [0, 0.05) is 6.07 Å². The molecule has 1 aliphatic heterocycles. The molecule has 1 fully saturated rings. The van der Waals surface area contributed by atoms with Crippen LogP contribution >= 0.6 is 0 Å². The molecule has 35 heavy (non-hydrogen) atoms. The van der Waals surface area contributed by atoms with Crippen LogP contribution in [0.15, 0.2) is 45.6 Å². The van der Waals surface area contributed by atoms with Crippen molar-refractivity contribution >= 4 is 11.0 Å². The van der Waals surface area contributed by atoms with Gasteiger partial charge in [-0.2, -0.15) is 0 Å². The first kappa shape index (κ1) is 24.8. The van der Waals surface area contributed by atoms with Crippen molar-refractivity contribution in [1.82, 2.24) is 0 Å². The molecule has 0 saturated carbocycles. The number of hydrogen-bond acceptors (Lipinski definition) is 11. The molecule has 11 nitrogen and oxygen atoms in total. The Bertz CT molecular complexity index is 1250. The monoisotopic (exact) mass is 490 g/mol. The van der Waals surface area contributed by atoms with Crippen LogP contribution in [0.1, 0.15) is 0 Å². The van der Waals surface area contributed by atoms with Gasteiger partial charge >= 0.3 is 0 Å². The van der Waals surface area contributed by atoms with Crippen LogP contribution in [-0.4, -0.2) is 79.1 Å². The molecule has 4 N–H and O–H groups in total. The van der Waals surface area contributed by atoms with E-state index in [4.69, 9.17) is 28.1 Å². The SMILES string of the molecule is COc1cccc(O[C@@H]2O[C@H](CO)[C@@H](O)[C@H](O)[C@H]2O)c1-c1cc(=O)c2ccc(OC)c(OC)c2o1. The van der Waals surface area contributed by atoms with Crippen LogP contribution in [0.3, 0.4) is 0 Å². The molecule has 2 heterocycles. The van der Waals surface area contributed by atoms with Crippen molar-refractivity contribution in [2.75, 3.05) is 27.9 Å². The number of ether oxygens (including phenoxy) is 5. The highest BCUT2D eigenvalue weighted by molar-refractivity contribution is 5.87. The van der Waals surface area contributed by atoms with E-state index in [0.717, 1.165) is 0 Å². The van der Waals surface area contributed by atoms with Crippen molar-refractivity contribution in [3.63, 3.8) is 0 Å². The summed E-state index contributed by atoms with van der Waals surface area (Å²) in [6.07, 6.45) is -7.43. The summed E-state index contributed by atoms with van der Waals surface area (Å²) < 4.78 is 33.6. The van der Waals surface area contributed by atoms with E-state index in [1.54, 1.807) is 24.3 Å². The zero-order chi connectivity index (χ0) is 25.3. The first-order valence-electron chi connectivity index (χ1n) is 10.7. The lowest BCUT2D eigenvalue weighted by atomic mass is 9.99. The summed E-state index contributed by atoms with van der Waals surface area (Å²) in [6.45, 7) is -0.614. The molecular formula is C24H26O11. The van der Waals surface area contributed by atoms with Crippen LogP contribution in [0.4, 0.5) is 0 Å². The van der Waals surface area contributed by atoms with Gasteiger partial charge in [-0.1, -0.05) is 6.07 Å². The molecule has 0 unspecified atom stereocenters. The standard InChI is InChI=1S/C24H26O11/c1-30-13-5-4-6-14(34-24-21(29)20(28)19(27)17(10-25)35-24)18(13)16-9-12(26)11-7-8-15(31-2)23(32-3)22(11)33-16/h4-9,17,19-21,24-25,27-29H,10H2,1-3H3/t17-,19-,20+,21-,24-/m1/s1. The van der Waals surface area contributed by atoms with Gasteiger partial charge in [0.1, 0.15) is 47.2 Å². The topological polar surface area (TPSA) is 157 Å². The molecule has 0 amide bonds. The molecule has 3 aromatic rings. The molecule has 4 rings (SSSR count). The average molecular weight is 490 g/mol. The van der Waals surface area contributed by atoms with Crippen LogP contribution < -0.4 is 24.4 Å². The Balaban J connectivity index is 1.85. The molecule has 0 aliphatic carbocycles. The van der Waals surface area contributed by atoms with Crippen molar-refractivity contribution in [3.8, 4) is 34.3 Å².